The van der Waals surface area contributed by atoms with Crippen molar-refractivity contribution in [1.29, 1.82) is 0 Å². The summed E-state index contributed by atoms with van der Waals surface area (Å²) in [6.07, 6.45) is 6.99. The highest BCUT2D eigenvalue weighted by Gasteiger charge is 2.33. The summed E-state index contributed by atoms with van der Waals surface area (Å²) in [7, 11) is 0. The van der Waals surface area contributed by atoms with E-state index in [4.69, 9.17) is 15.9 Å². The lowest BCUT2D eigenvalue weighted by atomic mass is 9.96. The van der Waals surface area contributed by atoms with E-state index in [0.29, 0.717) is 26.3 Å². The van der Waals surface area contributed by atoms with E-state index < -0.39 is 17.8 Å². The van der Waals surface area contributed by atoms with Crippen LogP contribution in [0.4, 0.5) is 4.39 Å². The number of thiazole rings is 1. The topological polar surface area (TPSA) is 69.9 Å². The van der Waals surface area contributed by atoms with E-state index in [1.807, 2.05) is 6.07 Å². The molecular weight excluding hydrogens is 455 g/mol. The van der Waals surface area contributed by atoms with Gasteiger partial charge in [0.05, 0.1) is 28.5 Å². The number of allylic oxidation sites excluding steroid dienone is 1. The molecule has 1 aromatic heterocycles. The molecule has 2 aromatic carbocycles. The largest absolute Gasteiger partial charge is 0.481 e. The van der Waals surface area contributed by atoms with E-state index in [0.717, 1.165) is 5.56 Å². The van der Waals surface area contributed by atoms with E-state index >= 15 is 0 Å². The van der Waals surface area contributed by atoms with Crippen molar-refractivity contribution >= 4 is 23.4 Å². The number of benzene rings is 2. The van der Waals surface area contributed by atoms with Crippen molar-refractivity contribution in [3.63, 3.8) is 0 Å². The quantitative estimate of drug-likeness (QED) is 0.405. The van der Waals surface area contributed by atoms with Gasteiger partial charge in [-0.1, -0.05) is 41.5 Å². The lowest BCUT2D eigenvalue weighted by Gasteiger charge is -2.24. The predicted octanol–water partition coefficient (Wildman–Crippen LogP) is 2.95. The fourth-order valence-corrected chi connectivity index (χ4v) is 4.77. The second-order valence-electron chi connectivity index (χ2n) is 7.42. The Kier molecular flexibility index (Phi) is 6.75. The minimum Gasteiger partial charge on any atom is -0.481 e. The Morgan fingerprint density at radius 1 is 1.29 bits per heavy atom. The first kappa shape index (κ1) is 23.2. The number of carbonyl (C=O) groups excluding carboxylic acids is 1. The number of halogens is 1. The second kappa shape index (κ2) is 9.89. The van der Waals surface area contributed by atoms with E-state index in [1.165, 1.54) is 28.0 Å². The van der Waals surface area contributed by atoms with Crippen LogP contribution in [-0.2, 0) is 9.53 Å². The van der Waals surface area contributed by atoms with Crippen LogP contribution in [0.3, 0.4) is 0 Å². The van der Waals surface area contributed by atoms with Crippen molar-refractivity contribution in [2.45, 2.75) is 19.9 Å². The molecule has 0 unspecified atom stereocenters. The third kappa shape index (κ3) is 4.56. The van der Waals surface area contributed by atoms with Gasteiger partial charge in [0.2, 0.25) is 0 Å². The monoisotopic (exact) mass is 476 g/mol. The molecule has 2 heterocycles. The van der Waals surface area contributed by atoms with Crippen LogP contribution in [-0.4, -0.2) is 23.8 Å². The molecule has 0 saturated carbocycles. The average molecular weight is 477 g/mol. The Balaban J connectivity index is 1.88. The maximum absolute atomic E-state index is 13.6. The number of esters is 1. The molecule has 0 bridgehead atoms. The first-order chi connectivity index (χ1) is 16.4. The van der Waals surface area contributed by atoms with Gasteiger partial charge in [-0.2, -0.15) is 0 Å². The van der Waals surface area contributed by atoms with Crippen LogP contribution >= 0.6 is 11.3 Å². The van der Waals surface area contributed by atoms with Gasteiger partial charge in [-0.3, -0.25) is 9.36 Å². The molecule has 1 atom stereocenters. The average Bonchev–Trinajstić information content (AvgIpc) is 3.12. The number of carbonyl (C=O) groups is 1. The van der Waals surface area contributed by atoms with Gasteiger partial charge in [-0.05, 0) is 55.3 Å². The van der Waals surface area contributed by atoms with Crippen molar-refractivity contribution in [3.05, 3.63) is 96.4 Å². The predicted molar refractivity (Wildman–Crippen MR) is 128 cm³/mol. The summed E-state index contributed by atoms with van der Waals surface area (Å²) in [6, 6.07) is 12.1. The van der Waals surface area contributed by atoms with Gasteiger partial charge >= 0.3 is 5.97 Å². The number of terminal acetylenes is 1. The Hall–Kier alpha value is -3.96. The number of ether oxygens (including phenoxy) is 2. The van der Waals surface area contributed by atoms with Gasteiger partial charge in [-0.15, -0.1) is 6.42 Å². The summed E-state index contributed by atoms with van der Waals surface area (Å²) < 4.78 is 26.2. The molecule has 0 fully saturated rings. The summed E-state index contributed by atoms with van der Waals surface area (Å²) in [5.74, 6) is 2.02. The third-order valence-corrected chi connectivity index (χ3v) is 6.16. The molecule has 0 saturated heterocycles. The van der Waals surface area contributed by atoms with Crippen LogP contribution < -0.4 is 19.6 Å². The summed E-state index contributed by atoms with van der Waals surface area (Å²) in [6.45, 7) is 3.72. The normalized spacial score (nSPS) is 15.4. The molecule has 172 valence electrons. The number of aromatic nitrogens is 1. The molecule has 0 N–H and O–H groups in total. The Labute approximate surface area is 199 Å². The molecule has 0 radical (unpaired) electrons. The van der Waals surface area contributed by atoms with Gasteiger partial charge in [-0.25, -0.2) is 14.2 Å². The highest BCUT2D eigenvalue weighted by atomic mass is 32.1. The summed E-state index contributed by atoms with van der Waals surface area (Å²) in [5.41, 5.74) is 1.71. The smallest absolute Gasteiger partial charge is 0.338 e. The highest BCUT2D eigenvalue weighted by molar-refractivity contribution is 7.07. The standard InChI is InChI=1S/C26H21FN2O4S/c1-4-13-33-20-8-6-7-17(14-20)15-21-24(30)29-23(18-9-11-19(27)12-10-18)22(25(31)32-5-2)16(3)28-26(29)34-21/h1,6-12,14-15,23H,5,13H2,2-3H3/b21-15-/t23-/m1/s1. The minimum atomic E-state index is -0.789. The third-order valence-electron chi connectivity index (χ3n) is 5.18. The molecule has 1 aliphatic heterocycles. The van der Waals surface area contributed by atoms with Crippen LogP contribution in [0.5, 0.6) is 5.75 Å². The van der Waals surface area contributed by atoms with E-state index in [1.54, 1.807) is 50.3 Å². The second-order valence-corrected chi connectivity index (χ2v) is 8.43. The molecule has 0 amide bonds. The SMILES string of the molecule is C#CCOc1cccc(/C=c2\sc3n(c2=O)[C@H](c2ccc(F)cc2)C(C(=O)OCC)=C(C)N=3)c1. The van der Waals surface area contributed by atoms with Gasteiger partial charge in [0, 0.05) is 0 Å². The maximum Gasteiger partial charge on any atom is 0.338 e. The molecule has 4 rings (SSSR count). The van der Waals surface area contributed by atoms with Crippen LogP contribution in [0.1, 0.15) is 31.0 Å². The summed E-state index contributed by atoms with van der Waals surface area (Å²) >= 11 is 1.21. The van der Waals surface area contributed by atoms with Gasteiger partial charge in [0.1, 0.15) is 18.2 Å². The van der Waals surface area contributed by atoms with Gasteiger partial charge in [0.15, 0.2) is 4.80 Å². The zero-order valence-electron chi connectivity index (χ0n) is 18.6. The van der Waals surface area contributed by atoms with E-state index in [2.05, 4.69) is 10.9 Å². The van der Waals surface area contributed by atoms with Crippen molar-refractivity contribution in [2.24, 2.45) is 4.99 Å². The van der Waals surface area contributed by atoms with E-state index in [-0.39, 0.29) is 24.3 Å². The van der Waals surface area contributed by atoms with Crippen molar-refractivity contribution < 1.29 is 18.7 Å². The zero-order chi connectivity index (χ0) is 24.2. The minimum absolute atomic E-state index is 0.138. The number of fused-ring (bicyclic) bond motifs is 1. The molecule has 1 aliphatic rings. The fraction of sp³-hybridized carbons (Fsp3) is 0.192. The highest BCUT2D eigenvalue weighted by Crippen LogP contribution is 2.30. The zero-order valence-corrected chi connectivity index (χ0v) is 19.4. The molecule has 0 spiro atoms. The first-order valence-corrected chi connectivity index (χ1v) is 11.4. The van der Waals surface area contributed by atoms with Crippen molar-refractivity contribution in [2.75, 3.05) is 13.2 Å². The summed E-state index contributed by atoms with van der Waals surface area (Å²) in [4.78, 5) is 31.3. The number of rotatable bonds is 6. The van der Waals surface area contributed by atoms with Gasteiger partial charge < -0.3 is 9.47 Å². The fourth-order valence-electron chi connectivity index (χ4n) is 3.72. The van der Waals surface area contributed by atoms with Gasteiger partial charge in [0.25, 0.3) is 5.56 Å². The molecule has 3 aromatic rings. The lowest BCUT2D eigenvalue weighted by Crippen LogP contribution is -2.39. The van der Waals surface area contributed by atoms with Crippen LogP contribution in [0.15, 0.2) is 69.6 Å². The Morgan fingerprint density at radius 2 is 2.06 bits per heavy atom. The Morgan fingerprint density at radius 3 is 2.76 bits per heavy atom. The number of nitrogens with zero attached hydrogens (tertiary/aromatic N) is 2. The van der Waals surface area contributed by atoms with Crippen LogP contribution in [0.2, 0.25) is 0 Å². The molecule has 34 heavy (non-hydrogen) atoms. The van der Waals surface area contributed by atoms with Crippen LogP contribution in [0, 0.1) is 18.2 Å². The molecular formula is C26H21FN2O4S. The number of hydrogen-bond acceptors (Lipinski definition) is 6. The Bertz CT molecular complexity index is 1490. The van der Waals surface area contributed by atoms with Crippen molar-refractivity contribution in [3.8, 4) is 18.1 Å². The molecule has 0 aliphatic carbocycles. The molecule has 8 heteroatoms. The first-order valence-electron chi connectivity index (χ1n) is 10.5. The van der Waals surface area contributed by atoms with Crippen LogP contribution in [0.25, 0.3) is 6.08 Å². The van der Waals surface area contributed by atoms with E-state index in [9.17, 15) is 14.0 Å². The lowest BCUT2D eigenvalue weighted by molar-refractivity contribution is -0.139. The summed E-state index contributed by atoms with van der Waals surface area (Å²) in [5, 5.41) is 0. The van der Waals surface area contributed by atoms with Crippen molar-refractivity contribution in [1.82, 2.24) is 4.57 Å². The molecule has 6 nitrogen and oxygen atoms in total. The maximum atomic E-state index is 13.6. The number of hydrogen-bond donors (Lipinski definition) is 0.